The molecule has 7 heteroatoms. The Morgan fingerprint density at radius 2 is 2.24 bits per heavy atom. The van der Waals surface area contributed by atoms with Crippen molar-refractivity contribution in [2.24, 2.45) is 5.11 Å². The first-order chi connectivity index (χ1) is 8.10. The van der Waals surface area contributed by atoms with Gasteiger partial charge in [0, 0.05) is 4.91 Å². The quantitative estimate of drug-likeness (QED) is 0.306. The molecule has 1 aromatic rings. The van der Waals surface area contributed by atoms with Crippen molar-refractivity contribution in [2.75, 3.05) is 19.4 Å². The minimum absolute atomic E-state index is 0.204. The highest BCUT2D eigenvalue weighted by Gasteiger charge is 2.18. The van der Waals surface area contributed by atoms with Crippen LogP contribution in [-0.2, 0) is 0 Å². The second-order valence-electron chi connectivity index (χ2n) is 3.43. The lowest BCUT2D eigenvalue weighted by Crippen LogP contribution is -2.21. The number of nitrogens with zero attached hydrogens (tertiary/aromatic N) is 3. The maximum absolute atomic E-state index is 9.80. The molecule has 0 amide bonds. The predicted molar refractivity (Wildman–Crippen MR) is 62.4 cm³/mol. The first kappa shape index (κ1) is 13.1. The van der Waals surface area contributed by atoms with Crippen LogP contribution in [0.3, 0.4) is 0 Å². The molecule has 0 aliphatic carbocycles. The summed E-state index contributed by atoms with van der Waals surface area (Å²) in [7, 11) is 1.46. The van der Waals surface area contributed by atoms with E-state index in [-0.39, 0.29) is 6.54 Å². The van der Waals surface area contributed by atoms with E-state index in [1.54, 1.807) is 12.1 Å². The van der Waals surface area contributed by atoms with Gasteiger partial charge < -0.3 is 20.7 Å². The molecular weight excluding hydrogens is 224 g/mol. The standard InChI is InChI=1S/C10H14N4O3/c1-17-9-4-6(2-3-7(9)11)10(16)8(15)5-13-14-12/h2-4,8,10,15-16H,5,11H2,1H3. The first-order valence-electron chi connectivity index (χ1n) is 4.90. The molecule has 0 spiro atoms. The normalized spacial score (nSPS) is 13.6. The Kier molecular flexibility index (Phi) is 4.59. The van der Waals surface area contributed by atoms with Gasteiger partial charge in [-0.15, -0.1) is 0 Å². The molecule has 92 valence electrons. The molecular formula is C10H14N4O3. The van der Waals surface area contributed by atoms with Crippen molar-refractivity contribution >= 4 is 5.69 Å². The average Bonchev–Trinajstić information content (AvgIpc) is 2.35. The number of aliphatic hydroxyl groups excluding tert-OH is 2. The van der Waals surface area contributed by atoms with Gasteiger partial charge in [0.1, 0.15) is 11.9 Å². The summed E-state index contributed by atoms with van der Waals surface area (Å²) < 4.78 is 5.00. The monoisotopic (exact) mass is 238 g/mol. The molecule has 0 aliphatic rings. The van der Waals surface area contributed by atoms with Crippen molar-refractivity contribution in [1.82, 2.24) is 0 Å². The third-order valence-corrected chi connectivity index (χ3v) is 2.30. The molecule has 1 rings (SSSR count). The van der Waals surface area contributed by atoms with Gasteiger partial charge in [-0.1, -0.05) is 11.2 Å². The minimum Gasteiger partial charge on any atom is -0.495 e. The molecule has 0 radical (unpaired) electrons. The fraction of sp³-hybridized carbons (Fsp3) is 0.400. The summed E-state index contributed by atoms with van der Waals surface area (Å²) >= 11 is 0. The van der Waals surface area contributed by atoms with Gasteiger partial charge in [-0.3, -0.25) is 0 Å². The van der Waals surface area contributed by atoms with Crippen LogP contribution < -0.4 is 10.5 Å². The summed E-state index contributed by atoms with van der Waals surface area (Å²) in [6, 6.07) is 4.67. The molecule has 0 fully saturated rings. The first-order valence-corrected chi connectivity index (χ1v) is 4.90. The fourth-order valence-corrected chi connectivity index (χ4v) is 1.35. The molecule has 2 atom stereocenters. The van der Waals surface area contributed by atoms with E-state index in [1.807, 2.05) is 0 Å². The van der Waals surface area contributed by atoms with Gasteiger partial charge >= 0.3 is 0 Å². The van der Waals surface area contributed by atoms with Gasteiger partial charge in [0.2, 0.25) is 0 Å². The lowest BCUT2D eigenvalue weighted by atomic mass is 10.0. The SMILES string of the molecule is COc1cc(C(O)C(O)CN=[N+]=[N-])ccc1N. The zero-order valence-electron chi connectivity index (χ0n) is 9.32. The Hall–Kier alpha value is -1.95. The number of azide groups is 1. The molecule has 17 heavy (non-hydrogen) atoms. The van der Waals surface area contributed by atoms with Crippen LogP contribution in [0.2, 0.25) is 0 Å². The molecule has 1 aromatic carbocycles. The van der Waals surface area contributed by atoms with Crippen molar-refractivity contribution in [1.29, 1.82) is 0 Å². The van der Waals surface area contributed by atoms with Gasteiger partial charge in [0.05, 0.1) is 25.4 Å². The second kappa shape index (κ2) is 5.95. The number of ether oxygens (including phenoxy) is 1. The minimum atomic E-state index is -1.17. The molecule has 0 aliphatic heterocycles. The second-order valence-corrected chi connectivity index (χ2v) is 3.43. The van der Waals surface area contributed by atoms with Crippen molar-refractivity contribution in [3.8, 4) is 5.75 Å². The van der Waals surface area contributed by atoms with E-state index >= 15 is 0 Å². The summed E-state index contributed by atoms with van der Waals surface area (Å²) in [5, 5.41) is 22.5. The molecule has 0 heterocycles. The van der Waals surface area contributed by atoms with Crippen molar-refractivity contribution in [3.63, 3.8) is 0 Å². The molecule has 0 aromatic heterocycles. The third kappa shape index (κ3) is 3.25. The lowest BCUT2D eigenvalue weighted by molar-refractivity contribution is 0.0243. The summed E-state index contributed by atoms with van der Waals surface area (Å²) in [5.74, 6) is 0.414. The van der Waals surface area contributed by atoms with E-state index < -0.39 is 12.2 Å². The number of nitrogen functional groups attached to an aromatic ring is 1. The number of hydrogen-bond donors (Lipinski definition) is 3. The van der Waals surface area contributed by atoms with Crippen molar-refractivity contribution in [3.05, 3.63) is 34.2 Å². The van der Waals surface area contributed by atoms with E-state index in [1.165, 1.54) is 13.2 Å². The van der Waals surface area contributed by atoms with E-state index in [4.69, 9.17) is 16.0 Å². The van der Waals surface area contributed by atoms with E-state index in [0.717, 1.165) is 0 Å². The van der Waals surface area contributed by atoms with E-state index in [2.05, 4.69) is 10.0 Å². The Labute approximate surface area is 98.1 Å². The third-order valence-electron chi connectivity index (χ3n) is 2.30. The Bertz CT molecular complexity index is 432. The Morgan fingerprint density at radius 3 is 2.82 bits per heavy atom. The Morgan fingerprint density at radius 1 is 1.53 bits per heavy atom. The molecule has 7 nitrogen and oxygen atoms in total. The highest BCUT2D eigenvalue weighted by atomic mass is 16.5. The Balaban J connectivity index is 2.88. The van der Waals surface area contributed by atoms with Crippen LogP contribution in [0.4, 0.5) is 5.69 Å². The molecule has 2 unspecified atom stereocenters. The lowest BCUT2D eigenvalue weighted by Gasteiger charge is -2.17. The molecule has 0 saturated heterocycles. The van der Waals surface area contributed by atoms with E-state index in [0.29, 0.717) is 17.0 Å². The van der Waals surface area contributed by atoms with E-state index in [9.17, 15) is 10.2 Å². The number of benzene rings is 1. The highest BCUT2D eigenvalue weighted by Crippen LogP contribution is 2.27. The summed E-state index contributed by atoms with van der Waals surface area (Å²) in [4.78, 5) is 2.51. The number of anilines is 1. The van der Waals surface area contributed by atoms with Crippen molar-refractivity contribution < 1.29 is 14.9 Å². The topological polar surface area (TPSA) is 124 Å². The number of hydrogen-bond acceptors (Lipinski definition) is 5. The maximum Gasteiger partial charge on any atom is 0.142 e. The van der Waals surface area contributed by atoms with Gasteiger partial charge in [0.25, 0.3) is 0 Å². The van der Waals surface area contributed by atoms with Crippen LogP contribution in [0.15, 0.2) is 23.3 Å². The number of nitrogens with two attached hydrogens (primary N) is 1. The van der Waals surface area contributed by atoms with Crippen LogP contribution in [-0.4, -0.2) is 30.0 Å². The predicted octanol–water partition coefficient (Wildman–Crippen LogP) is 0.982. The zero-order valence-corrected chi connectivity index (χ0v) is 9.32. The van der Waals surface area contributed by atoms with Gasteiger partial charge in [0.15, 0.2) is 0 Å². The summed E-state index contributed by atoms with van der Waals surface area (Å²) in [6.07, 6.45) is -2.32. The largest absolute Gasteiger partial charge is 0.495 e. The number of rotatable bonds is 5. The highest BCUT2D eigenvalue weighted by molar-refractivity contribution is 5.54. The summed E-state index contributed by atoms with van der Waals surface area (Å²) in [5.41, 5.74) is 14.6. The van der Waals surface area contributed by atoms with Crippen LogP contribution in [0.5, 0.6) is 5.75 Å². The fourth-order valence-electron chi connectivity index (χ4n) is 1.35. The van der Waals surface area contributed by atoms with Gasteiger partial charge in [-0.25, -0.2) is 0 Å². The summed E-state index contributed by atoms with van der Waals surface area (Å²) in [6.45, 7) is -0.204. The molecule has 0 saturated carbocycles. The maximum atomic E-state index is 9.80. The van der Waals surface area contributed by atoms with Crippen LogP contribution in [0, 0.1) is 0 Å². The number of aliphatic hydroxyl groups is 2. The van der Waals surface area contributed by atoms with Gasteiger partial charge in [-0.05, 0) is 23.2 Å². The molecule has 0 bridgehead atoms. The average molecular weight is 238 g/mol. The molecule has 4 N–H and O–H groups in total. The van der Waals surface area contributed by atoms with Crippen LogP contribution in [0.1, 0.15) is 11.7 Å². The number of methoxy groups -OCH3 is 1. The van der Waals surface area contributed by atoms with Gasteiger partial charge in [-0.2, -0.15) is 0 Å². The van der Waals surface area contributed by atoms with Crippen LogP contribution in [0.25, 0.3) is 10.4 Å². The van der Waals surface area contributed by atoms with Crippen molar-refractivity contribution in [2.45, 2.75) is 12.2 Å². The zero-order chi connectivity index (χ0) is 12.8. The van der Waals surface area contributed by atoms with Crippen LogP contribution >= 0.6 is 0 Å². The smallest absolute Gasteiger partial charge is 0.142 e.